The average molecular weight is 461 g/mol. The molecule has 1 amide bonds. The molecule has 0 aliphatic carbocycles. The molecule has 1 saturated heterocycles. The Morgan fingerprint density at radius 1 is 1.17 bits per heavy atom. The van der Waals surface area contributed by atoms with E-state index >= 15 is 0 Å². The van der Waals surface area contributed by atoms with Crippen molar-refractivity contribution in [1.82, 2.24) is 10.2 Å². The largest absolute Gasteiger partial charge is 0.493 e. The van der Waals surface area contributed by atoms with Gasteiger partial charge in [0.1, 0.15) is 6.61 Å². The highest BCUT2D eigenvalue weighted by Crippen LogP contribution is 2.34. The van der Waals surface area contributed by atoms with Gasteiger partial charge in [-0.2, -0.15) is 0 Å². The lowest BCUT2D eigenvalue weighted by atomic mass is 10.1. The molecular weight excluding hydrogens is 432 g/mol. The van der Waals surface area contributed by atoms with E-state index in [-0.39, 0.29) is 0 Å². The molecule has 0 atom stereocenters. The Morgan fingerprint density at radius 3 is 2.72 bits per heavy atom. The third-order valence-electron chi connectivity index (χ3n) is 5.25. The summed E-state index contributed by atoms with van der Waals surface area (Å²) in [6.45, 7) is 5.92. The van der Waals surface area contributed by atoms with Gasteiger partial charge in [-0.15, -0.1) is 0 Å². The summed E-state index contributed by atoms with van der Waals surface area (Å²) in [7, 11) is 1.66. The van der Waals surface area contributed by atoms with Crippen molar-refractivity contribution in [2.45, 2.75) is 39.3 Å². The van der Waals surface area contributed by atoms with Crippen LogP contribution in [-0.4, -0.2) is 37.6 Å². The third-order valence-corrected chi connectivity index (χ3v) is 5.98. The number of likely N-dealkylation sites (tertiary alicyclic amines) is 1. The second kappa shape index (κ2) is 10.6. The lowest BCUT2D eigenvalue weighted by Crippen LogP contribution is -2.28. The lowest BCUT2D eigenvalue weighted by molar-refractivity contribution is -0.127. The SMILES string of the molecule is COc1cc(CNCCCN2CCCC2=O)c(Br)cc1OCc1ccccc1C. The summed E-state index contributed by atoms with van der Waals surface area (Å²) in [6.07, 6.45) is 2.66. The van der Waals surface area contributed by atoms with Gasteiger partial charge in [0.2, 0.25) is 5.91 Å². The molecule has 1 fully saturated rings. The number of aryl methyl sites for hydroxylation is 1. The van der Waals surface area contributed by atoms with Crippen molar-refractivity contribution in [3.8, 4) is 11.5 Å². The molecule has 0 aromatic heterocycles. The monoisotopic (exact) mass is 460 g/mol. The number of rotatable bonds is 10. The van der Waals surface area contributed by atoms with E-state index in [1.165, 1.54) is 5.56 Å². The molecule has 1 aliphatic rings. The van der Waals surface area contributed by atoms with Crippen LogP contribution in [0.3, 0.4) is 0 Å². The standard InChI is InChI=1S/C23H29BrN2O3/c1-17-7-3-4-8-18(17)16-29-22-14-20(24)19(13-21(22)28-2)15-25-10-6-12-26-11-5-9-23(26)27/h3-4,7-8,13-14,25H,5-6,9-12,15-16H2,1-2H3. The molecule has 0 bridgehead atoms. The first kappa shape index (κ1) is 21.7. The van der Waals surface area contributed by atoms with Gasteiger partial charge in [-0.05, 0) is 55.1 Å². The van der Waals surface area contributed by atoms with Gasteiger partial charge in [-0.1, -0.05) is 40.2 Å². The molecule has 2 aromatic rings. The Balaban J connectivity index is 1.52. The second-order valence-corrected chi connectivity index (χ2v) is 8.18. The van der Waals surface area contributed by atoms with Crippen LogP contribution in [0.15, 0.2) is 40.9 Å². The van der Waals surface area contributed by atoms with E-state index < -0.39 is 0 Å². The molecule has 29 heavy (non-hydrogen) atoms. The van der Waals surface area contributed by atoms with Crippen LogP contribution in [0.4, 0.5) is 0 Å². The Bertz CT molecular complexity index is 841. The van der Waals surface area contributed by atoms with Gasteiger partial charge in [0.15, 0.2) is 11.5 Å². The van der Waals surface area contributed by atoms with Crippen LogP contribution in [0.1, 0.15) is 36.0 Å². The summed E-state index contributed by atoms with van der Waals surface area (Å²) in [5, 5.41) is 3.45. The molecule has 6 heteroatoms. The fourth-order valence-corrected chi connectivity index (χ4v) is 3.93. The van der Waals surface area contributed by atoms with E-state index in [2.05, 4.69) is 40.3 Å². The molecule has 0 saturated carbocycles. The lowest BCUT2D eigenvalue weighted by Gasteiger charge is -2.16. The minimum absolute atomic E-state index is 0.291. The first-order valence-electron chi connectivity index (χ1n) is 10.1. The molecule has 1 heterocycles. The van der Waals surface area contributed by atoms with E-state index in [4.69, 9.17) is 9.47 Å². The van der Waals surface area contributed by atoms with Gasteiger partial charge in [0.05, 0.1) is 7.11 Å². The van der Waals surface area contributed by atoms with Gasteiger partial charge in [-0.25, -0.2) is 0 Å². The fourth-order valence-electron chi connectivity index (χ4n) is 3.47. The summed E-state index contributed by atoms with van der Waals surface area (Å²) in [5.74, 6) is 1.74. The van der Waals surface area contributed by atoms with Crippen molar-refractivity contribution in [1.29, 1.82) is 0 Å². The van der Waals surface area contributed by atoms with Crippen molar-refractivity contribution < 1.29 is 14.3 Å². The number of amides is 1. The first-order chi connectivity index (χ1) is 14.1. The average Bonchev–Trinajstić information content (AvgIpc) is 3.13. The van der Waals surface area contributed by atoms with Crippen molar-refractivity contribution in [2.75, 3.05) is 26.7 Å². The number of hydrogen-bond donors (Lipinski definition) is 1. The smallest absolute Gasteiger partial charge is 0.222 e. The number of halogens is 1. The van der Waals surface area contributed by atoms with Crippen LogP contribution in [0.5, 0.6) is 11.5 Å². The van der Waals surface area contributed by atoms with Gasteiger partial charge < -0.3 is 19.7 Å². The Morgan fingerprint density at radius 2 is 2.00 bits per heavy atom. The molecule has 0 radical (unpaired) electrons. The zero-order chi connectivity index (χ0) is 20.6. The number of carbonyl (C=O) groups excluding carboxylic acids is 1. The van der Waals surface area contributed by atoms with Gasteiger partial charge in [0.25, 0.3) is 0 Å². The van der Waals surface area contributed by atoms with E-state index in [1.807, 2.05) is 29.2 Å². The van der Waals surface area contributed by atoms with Crippen LogP contribution in [0.25, 0.3) is 0 Å². The van der Waals surface area contributed by atoms with Gasteiger partial charge in [-0.3, -0.25) is 4.79 Å². The van der Waals surface area contributed by atoms with Crippen molar-refractivity contribution in [3.05, 3.63) is 57.6 Å². The van der Waals surface area contributed by atoms with E-state index in [0.717, 1.165) is 66.1 Å². The normalized spacial score (nSPS) is 13.8. The van der Waals surface area contributed by atoms with Crippen LogP contribution in [-0.2, 0) is 17.9 Å². The molecule has 0 unspecified atom stereocenters. The number of benzene rings is 2. The summed E-state index contributed by atoms with van der Waals surface area (Å²) in [4.78, 5) is 13.6. The topological polar surface area (TPSA) is 50.8 Å². The molecule has 0 spiro atoms. The first-order valence-corrected chi connectivity index (χ1v) is 10.9. The summed E-state index contributed by atoms with van der Waals surface area (Å²) >= 11 is 3.65. The Kier molecular flexibility index (Phi) is 7.95. The zero-order valence-electron chi connectivity index (χ0n) is 17.2. The Labute approximate surface area is 181 Å². The molecule has 3 rings (SSSR count). The maximum Gasteiger partial charge on any atom is 0.222 e. The van der Waals surface area contributed by atoms with Crippen LogP contribution in [0.2, 0.25) is 0 Å². The molecule has 1 N–H and O–H groups in total. The van der Waals surface area contributed by atoms with E-state index in [1.54, 1.807) is 7.11 Å². The molecule has 1 aliphatic heterocycles. The molecule has 2 aromatic carbocycles. The van der Waals surface area contributed by atoms with Crippen LogP contribution < -0.4 is 14.8 Å². The maximum absolute atomic E-state index is 11.6. The van der Waals surface area contributed by atoms with Gasteiger partial charge >= 0.3 is 0 Å². The number of nitrogens with one attached hydrogen (secondary N) is 1. The summed E-state index contributed by atoms with van der Waals surface area (Å²) in [5.41, 5.74) is 3.48. The predicted octanol–water partition coefficient (Wildman–Crippen LogP) is 4.45. The maximum atomic E-state index is 11.6. The highest BCUT2D eigenvalue weighted by atomic mass is 79.9. The van der Waals surface area contributed by atoms with Crippen LogP contribution >= 0.6 is 15.9 Å². The number of hydrogen-bond acceptors (Lipinski definition) is 4. The number of ether oxygens (including phenoxy) is 2. The van der Waals surface area contributed by atoms with Gasteiger partial charge in [0, 0.05) is 30.5 Å². The summed E-state index contributed by atoms with van der Waals surface area (Å²) < 4.78 is 12.6. The van der Waals surface area contributed by atoms with Crippen LogP contribution in [0, 0.1) is 6.92 Å². The number of carbonyl (C=O) groups is 1. The quantitative estimate of drug-likeness (QED) is 0.532. The number of methoxy groups -OCH3 is 1. The minimum Gasteiger partial charge on any atom is -0.493 e. The molecule has 5 nitrogen and oxygen atoms in total. The third kappa shape index (κ3) is 5.97. The zero-order valence-corrected chi connectivity index (χ0v) is 18.8. The number of nitrogens with zero attached hydrogens (tertiary/aromatic N) is 1. The van der Waals surface area contributed by atoms with E-state index in [9.17, 15) is 4.79 Å². The highest BCUT2D eigenvalue weighted by molar-refractivity contribution is 9.10. The molecule has 156 valence electrons. The molecular formula is C23H29BrN2O3. The Hall–Kier alpha value is -2.05. The highest BCUT2D eigenvalue weighted by Gasteiger charge is 2.19. The van der Waals surface area contributed by atoms with Crippen molar-refractivity contribution >= 4 is 21.8 Å². The van der Waals surface area contributed by atoms with Crippen molar-refractivity contribution in [3.63, 3.8) is 0 Å². The minimum atomic E-state index is 0.291. The predicted molar refractivity (Wildman–Crippen MR) is 118 cm³/mol. The fraction of sp³-hybridized carbons (Fsp3) is 0.435. The van der Waals surface area contributed by atoms with Crippen molar-refractivity contribution in [2.24, 2.45) is 0 Å². The van der Waals surface area contributed by atoms with E-state index in [0.29, 0.717) is 18.9 Å². The summed E-state index contributed by atoms with van der Waals surface area (Å²) in [6, 6.07) is 12.2. The second-order valence-electron chi connectivity index (χ2n) is 7.32.